The lowest BCUT2D eigenvalue weighted by Gasteiger charge is -2.62. The molecule has 0 saturated heterocycles. The Morgan fingerprint density at radius 3 is 2.47 bits per heavy atom. The molecule has 0 aromatic heterocycles. The van der Waals surface area contributed by atoms with E-state index in [0.29, 0.717) is 24.8 Å². The first-order valence-corrected chi connectivity index (χ1v) is 12.3. The minimum Gasteiger partial charge on any atom is -0.450 e. The molecule has 4 aliphatic carbocycles. The van der Waals surface area contributed by atoms with Gasteiger partial charge in [0.05, 0.1) is 11.5 Å². The number of ketones is 2. The smallest absolute Gasteiger partial charge is 0.312 e. The molecule has 0 aliphatic heterocycles. The van der Waals surface area contributed by atoms with Gasteiger partial charge in [-0.3, -0.25) is 14.4 Å². The molecule has 3 saturated carbocycles. The molecule has 0 aromatic rings. The standard InChI is InChI=1S/C27H37FO6/c1-15-11-19-18-8-7-16-12-17(30)9-10-24(16,5)26(18,28)20(31)13-25(19,6)27(15,21(32)14-29)34-22(33)23(2,3)4/h9-10,12,15,18-20,29,31H,7-8,11,13-14H2,1-6H3/t15-,18+,19+,20+,24+,25+,26+,27+/m1/s1. The van der Waals surface area contributed by atoms with E-state index in [9.17, 15) is 24.6 Å². The molecule has 0 bridgehead atoms. The maximum atomic E-state index is 17.3. The second-order valence-corrected chi connectivity index (χ2v) is 12.4. The second-order valence-electron chi connectivity index (χ2n) is 12.4. The number of alkyl halides is 1. The number of Topliss-reactive ketones (excluding diaryl/α,β-unsaturated/α-hetero) is 1. The van der Waals surface area contributed by atoms with E-state index >= 15 is 4.39 Å². The first kappa shape index (κ1) is 25.2. The molecule has 0 aromatic carbocycles. The van der Waals surface area contributed by atoms with Crippen molar-refractivity contribution < 1.29 is 33.7 Å². The highest BCUT2D eigenvalue weighted by atomic mass is 19.1. The molecule has 2 N–H and O–H groups in total. The second kappa shape index (κ2) is 7.57. The summed E-state index contributed by atoms with van der Waals surface area (Å²) in [5.74, 6) is -2.78. The minimum atomic E-state index is -2.04. The molecule has 0 unspecified atom stereocenters. The Balaban J connectivity index is 1.85. The van der Waals surface area contributed by atoms with Crippen LogP contribution in [-0.4, -0.2) is 51.7 Å². The van der Waals surface area contributed by atoms with Crippen LogP contribution in [0.5, 0.6) is 0 Å². The van der Waals surface area contributed by atoms with Crippen molar-refractivity contribution in [3.63, 3.8) is 0 Å². The topological polar surface area (TPSA) is 101 Å². The molecule has 0 heterocycles. The Bertz CT molecular complexity index is 994. The maximum Gasteiger partial charge on any atom is 0.312 e. The summed E-state index contributed by atoms with van der Waals surface area (Å²) in [6, 6.07) is 0. The van der Waals surface area contributed by atoms with Gasteiger partial charge in [0, 0.05) is 22.7 Å². The van der Waals surface area contributed by atoms with E-state index in [1.54, 1.807) is 40.7 Å². The summed E-state index contributed by atoms with van der Waals surface area (Å²) >= 11 is 0. The molecule has 188 valence electrons. The van der Waals surface area contributed by atoms with E-state index in [-0.39, 0.29) is 18.1 Å². The average Bonchev–Trinajstić information content (AvgIpc) is 2.96. The number of allylic oxidation sites excluding steroid dienone is 4. The van der Waals surface area contributed by atoms with Crippen molar-refractivity contribution in [3.8, 4) is 0 Å². The SMILES string of the molecule is C[C@@H]1C[C@H]2[C@@H]3CCC4=CC(=O)C=C[C@]4(C)[C@@]3(F)[C@@H](O)C[C@]2(C)[C@@]1(OC(=O)C(C)(C)C)C(=O)CO. The quantitative estimate of drug-likeness (QED) is 0.605. The first-order chi connectivity index (χ1) is 15.6. The van der Waals surface area contributed by atoms with Crippen molar-refractivity contribution in [2.45, 2.75) is 84.6 Å². The minimum absolute atomic E-state index is 0.0944. The van der Waals surface area contributed by atoms with Crippen LogP contribution in [-0.2, 0) is 19.1 Å². The summed E-state index contributed by atoms with van der Waals surface area (Å²) in [7, 11) is 0. The van der Waals surface area contributed by atoms with Crippen LogP contribution in [0.1, 0.15) is 67.2 Å². The molecule has 0 radical (unpaired) electrons. The fourth-order valence-corrected chi connectivity index (χ4v) is 7.82. The highest BCUT2D eigenvalue weighted by molar-refractivity contribution is 6.01. The lowest BCUT2D eigenvalue weighted by molar-refractivity contribution is -0.231. The molecule has 6 nitrogen and oxygen atoms in total. The number of esters is 1. The van der Waals surface area contributed by atoms with Crippen LogP contribution in [0.3, 0.4) is 0 Å². The van der Waals surface area contributed by atoms with Crippen molar-refractivity contribution in [1.82, 2.24) is 0 Å². The van der Waals surface area contributed by atoms with Gasteiger partial charge < -0.3 is 14.9 Å². The zero-order chi connectivity index (χ0) is 25.5. The van der Waals surface area contributed by atoms with Crippen LogP contribution in [0.4, 0.5) is 4.39 Å². The Labute approximate surface area is 200 Å². The summed E-state index contributed by atoms with van der Waals surface area (Å²) in [5, 5.41) is 21.4. The fourth-order valence-electron chi connectivity index (χ4n) is 7.82. The number of aliphatic hydroxyl groups is 2. The van der Waals surface area contributed by atoms with Gasteiger partial charge in [0.15, 0.2) is 17.1 Å². The third-order valence-electron chi connectivity index (χ3n) is 9.60. The molecule has 8 atom stereocenters. The summed E-state index contributed by atoms with van der Waals surface area (Å²) in [6.45, 7) is 9.64. The van der Waals surface area contributed by atoms with Gasteiger partial charge in [0.2, 0.25) is 5.78 Å². The van der Waals surface area contributed by atoms with Crippen molar-refractivity contribution in [2.75, 3.05) is 6.61 Å². The van der Waals surface area contributed by atoms with Crippen LogP contribution in [0.2, 0.25) is 0 Å². The monoisotopic (exact) mass is 476 g/mol. The number of halogens is 1. The van der Waals surface area contributed by atoms with E-state index < -0.39 is 63.8 Å². The highest BCUT2D eigenvalue weighted by Crippen LogP contribution is 2.71. The van der Waals surface area contributed by atoms with Gasteiger partial charge in [-0.2, -0.15) is 0 Å². The molecular formula is C27H37FO6. The molecule has 3 fully saturated rings. The predicted octanol–water partition coefficient (Wildman–Crippen LogP) is 3.49. The van der Waals surface area contributed by atoms with E-state index in [4.69, 9.17) is 4.74 Å². The Morgan fingerprint density at radius 1 is 1.24 bits per heavy atom. The van der Waals surface area contributed by atoms with Crippen molar-refractivity contribution in [1.29, 1.82) is 0 Å². The van der Waals surface area contributed by atoms with Gasteiger partial charge in [-0.05, 0) is 71.4 Å². The van der Waals surface area contributed by atoms with Gasteiger partial charge in [-0.25, -0.2) is 4.39 Å². The van der Waals surface area contributed by atoms with Gasteiger partial charge in [-0.15, -0.1) is 0 Å². The normalized spacial score (nSPS) is 45.7. The van der Waals surface area contributed by atoms with Crippen LogP contribution in [0.25, 0.3) is 0 Å². The third-order valence-corrected chi connectivity index (χ3v) is 9.60. The Morgan fingerprint density at radius 2 is 1.88 bits per heavy atom. The van der Waals surface area contributed by atoms with Gasteiger partial charge in [0.1, 0.15) is 6.61 Å². The van der Waals surface area contributed by atoms with E-state index in [0.717, 1.165) is 0 Å². The van der Waals surface area contributed by atoms with Crippen molar-refractivity contribution >= 4 is 17.5 Å². The molecule has 4 aliphatic rings. The average molecular weight is 477 g/mol. The largest absolute Gasteiger partial charge is 0.450 e. The van der Waals surface area contributed by atoms with Crippen LogP contribution < -0.4 is 0 Å². The molecule has 34 heavy (non-hydrogen) atoms. The number of carbonyl (C=O) groups is 3. The zero-order valence-corrected chi connectivity index (χ0v) is 21.0. The van der Waals surface area contributed by atoms with Gasteiger partial charge in [-0.1, -0.05) is 25.5 Å². The number of hydrogen-bond acceptors (Lipinski definition) is 6. The van der Waals surface area contributed by atoms with Crippen molar-refractivity contribution in [3.05, 3.63) is 23.8 Å². The number of ether oxygens (including phenoxy) is 1. The van der Waals surface area contributed by atoms with Crippen LogP contribution >= 0.6 is 0 Å². The van der Waals surface area contributed by atoms with E-state index in [2.05, 4.69) is 0 Å². The zero-order valence-electron chi connectivity index (χ0n) is 21.0. The van der Waals surface area contributed by atoms with E-state index in [1.165, 1.54) is 12.2 Å². The van der Waals surface area contributed by atoms with Crippen LogP contribution in [0.15, 0.2) is 23.8 Å². The van der Waals surface area contributed by atoms with Gasteiger partial charge >= 0.3 is 5.97 Å². The lowest BCUT2D eigenvalue weighted by Crippen LogP contribution is -2.70. The molecule has 0 spiro atoms. The molecular weight excluding hydrogens is 439 g/mol. The number of hydrogen-bond donors (Lipinski definition) is 2. The Hall–Kier alpha value is -1.86. The Kier molecular flexibility index (Phi) is 5.62. The summed E-state index contributed by atoms with van der Waals surface area (Å²) in [5.41, 5.74) is -6.09. The number of rotatable bonds is 3. The number of carbonyl (C=O) groups excluding carboxylic acids is 3. The summed E-state index contributed by atoms with van der Waals surface area (Å²) in [4.78, 5) is 38.4. The van der Waals surface area contributed by atoms with Crippen molar-refractivity contribution in [2.24, 2.45) is 34.0 Å². The number of fused-ring (bicyclic) bond motifs is 5. The first-order valence-electron chi connectivity index (χ1n) is 12.3. The fraction of sp³-hybridized carbons (Fsp3) is 0.741. The van der Waals surface area contributed by atoms with Crippen LogP contribution in [0, 0.1) is 34.0 Å². The highest BCUT2D eigenvalue weighted by Gasteiger charge is 2.77. The number of aliphatic hydroxyl groups excluding tert-OH is 2. The summed E-state index contributed by atoms with van der Waals surface area (Å²) in [6.07, 6.45) is 4.26. The summed E-state index contributed by atoms with van der Waals surface area (Å²) < 4.78 is 23.3. The third kappa shape index (κ3) is 2.95. The lowest BCUT2D eigenvalue weighted by atomic mass is 9.44. The molecule has 0 amide bonds. The predicted molar refractivity (Wildman–Crippen MR) is 123 cm³/mol. The maximum absolute atomic E-state index is 17.3. The molecule has 7 heteroatoms. The van der Waals surface area contributed by atoms with Gasteiger partial charge in [0.25, 0.3) is 0 Å². The molecule has 4 rings (SSSR count). The van der Waals surface area contributed by atoms with E-state index in [1.807, 2.05) is 6.92 Å².